The molecule has 40 heavy (non-hydrogen) atoms. The van der Waals surface area contributed by atoms with Crippen molar-refractivity contribution >= 4 is 24.3 Å². The summed E-state index contributed by atoms with van der Waals surface area (Å²) in [5.41, 5.74) is 5.38. The summed E-state index contributed by atoms with van der Waals surface area (Å²) in [5.74, 6) is 3.52. The fraction of sp³-hybridized carbons (Fsp3) is 0.188. The summed E-state index contributed by atoms with van der Waals surface area (Å²) in [6.45, 7) is 0. The van der Waals surface area contributed by atoms with E-state index in [2.05, 4.69) is 9.97 Å². The van der Waals surface area contributed by atoms with Crippen molar-refractivity contribution in [3.8, 4) is 45.9 Å². The molecular formula is C32H33N2O6+. The first-order valence-electron chi connectivity index (χ1n) is 12.5. The summed E-state index contributed by atoms with van der Waals surface area (Å²) >= 11 is 0. The largest absolute Gasteiger partial charge is 0.493 e. The van der Waals surface area contributed by atoms with E-state index in [0.717, 1.165) is 33.6 Å². The molecule has 4 rings (SSSR count). The SMILES string of the molecule is COc1ccc(/C=C/c2ccnc(-c3cc(/C=C/c4ccc(OC)c(OC)c4OC)cc[nH+]3)c2)c(OC)c1OC. The van der Waals surface area contributed by atoms with Crippen molar-refractivity contribution in [1.82, 2.24) is 4.98 Å². The average molecular weight is 542 g/mol. The number of aromatic nitrogens is 2. The highest BCUT2D eigenvalue weighted by atomic mass is 16.5. The number of pyridine rings is 2. The van der Waals surface area contributed by atoms with Crippen LogP contribution in [0.25, 0.3) is 35.7 Å². The van der Waals surface area contributed by atoms with Crippen LogP contribution in [0.4, 0.5) is 0 Å². The van der Waals surface area contributed by atoms with Gasteiger partial charge in [0.15, 0.2) is 29.2 Å². The number of H-pyrrole nitrogens is 1. The van der Waals surface area contributed by atoms with Crippen LogP contribution >= 0.6 is 0 Å². The summed E-state index contributed by atoms with van der Waals surface area (Å²) in [6.07, 6.45) is 11.6. The van der Waals surface area contributed by atoms with E-state index in [9.17, 15) is 0 Å². The number of nitrogens with one attached hydrogen (secondary N) is 1. The molecule has 2 aromatic carbocycles. The van der Waals surface area contributed by atoms with Crippen LogP contribution in [-0.4, -0.2) is 47.6 Å². The lowest BCUT2D eigenvalue weighted by molar-refractivity contribution is -0.364. The maximum absolute atomic E-state index is 5.60. The molecule has 0 aliphatic heterocycles. The standard InChI is InChI=1S/C32H32N2O6/c1-35-27-13-11-23(29(37-3)31(27)39-5)9-7-21-15-17-33-25(19-21)26-20-22(16-18-34-26)8-10-24-12-14-28(36-2)32(40-6)30(24)38-4/h7-20H,1-6H3/p+1/b9-7+,10-8+. The number of aromatic amines is 1. The zero-order chi connectivity index (χ0) is 28.5. The number of hydrogen-bond acceptors (Lipinski definition) is 7. The van der Waals surface area contributed by atoms with Gasteiger partial charge in [0.2, 0.25) is 17.2 Å². The predicted molar refractivity (Wildman–Crippen MR) is 156 cm³/mol. The first-order valence-corrected chi connectivity index (χ1v) is 12.5. The highest BCUT2D eigenvalue weighted by Gasteiger charge is 2.16. The third kappa shape index (κ3) is 6.02. The smallest absolute Gasteiger partial charge is 0.230 e. The molecular weight excluding hydrogens is 508 g/mol. The molecule has 0 unspecified atom stereocenters. The summed E-state index contributed by atoms with van der Waals surface area (Å²) in [5, 5.41) is 0. The van der Waals surface area contributed by atoms with Crippen molar-refractivity contribution in [3.05, 3.63) is 83.2 Å². The maximum Gasteiger partial charge on any atom is 0.230 e. The number of benzene rings is 2. The molecule has 0 aliphatic rings. The second-order valence-electron chi connectivity index (χ2n) is 8.52. The second kappa shape index (κ2) is 13.2. The van der Waals surface area contributed by atoms with Gasteiger partial charge in [-0.15, -0.1) is 0 Å². The molecule has 0 aliphatic carbocycles. The Hall–Kier alpha value is -4.98. The molecule has 0 bridgehead atoms. The Balaban J connectivity index is 1.60. The Labute approximate surface area is 234 Å². The van der Waals surface area contributed by atoms with E-state index in [0.29, 0.717) is 34.5 Å². The van der Waals surface area contributed by atoms with Crippen LogP contribution in [0.15, 0.2) is 60.9 Å². The van der Waals surface area contributed by atoms with Gasteiger partial charge in [0.25, 0.3) is 0 Å². The molecule has 1 N–H and O–H groups in total. The fourth-order valence-electron chi connectivity index (χ4n) is 4.32. The van der Waals surface area contributed by atoms with Crippen LogP contribution in [0.3, 0.4) is 0 Å². The van der Waals surface area contributed by atoms with E-state index in [4.69, 9.17) is 28.4 Å². The lowest BCUT2D eigenvalue weighted by Gasteiger charge is -2.14. The molecule has 2 heterocycles. The summed E-state index contributed by atoms with van der Waals surface area (Å²) in [7, 11) is 9.60. The molecule has 0 fully saturated rings. The van der Waals surface area contributed by atoms with Crippen LogP contribution in [0.2, 0.25) is 0 Å². The molecule has 0 saturated heterocycles. The van der Waals surface area contributed by atoms with Crippen molar-refractivity contribution in [1.29, 1.82) is 0 Å². The molecule has 8 heteroatoms. The van der Waals surface area contributed by atoms with Crippen LogP contribution in [0, 0.1) is 0 Å². The maximum atomic E-state index is 5.60. The Morgan fingerprint density at radius 3 is 1.57 bits per heavy atom. The molecule has 4 aromatic rings. The van der Waals surface area contributed by atoms with Gasteiger partial charge in [0.1, 0.15) is 5.69 Å². The van der Waals surface area contributed by atoms with Gasteiger partial charge in [-0.1, -0.05) is 24.3 Å². The zero-order valence-electron chi connectivity index (χ0n) is 23.5. The van der Waals surface area contributed by atoms with Crippen LogP contribution in [0.5, 0.6) is 34.5 Å². The second-order valence-corrected chi connectivity index (χ2v) is 8.52. The molecule has 0 spiro atoms. The zero-order valence-corrected chi connectivity index (χ0v) is 23.5. The Kier molecular flexibility index (Phi) is 9.25. The summed E-state index contributed by atoms with van der Waals surface area (Å²) in [6, 6.07) is 15.5. The molecule has 8 nitrogen and oxygen atoms in total. The lowest BCUT2D eigenvalue weighted by Crippen LogP contribution is -2.06. The average Bonchev–Trinajstić information content (AvgIpc) is 3.01. The van der Waals surface area contributed by atoms with Gasteiger partial charge < -0.3 is 28.4 Å². The van der Waals surface area contributed by atoms with Crippen molar-refractivity contribution in [2.75, 3.05) is 42.7 Å². The van der Waals surface area contributed by atoms with Gasteiger partial charge >= 0.3 is 0 Å². The first kappa shape index (κ1) is 28.0. The normalized spacial score (nSPS) is 11.1. The van der Waals surface area contributed by atoms with Gasteiger partial charge in [-0.25, -0.2) is 9.97 Å². The summed E-state index contributed by atoms with van der Waals surface area (Å²) < 4.78 is 33.0. The van der Waals surface area contributed by atoms with E-state index < -0.39 is 0 Å². The third-order valence-electron chi connectivity index (χ3n) is 6.27. The lowest BCUT2D eigenvalue weighted by atomic mass is 10.1. The third-order valence-corrected chi connectivity index (χ3v) is 6.27. The molecule has 0 atom stereocenters. The van der Waals surface area contributed by atoms with Crippen LogP contribution in [-0.2, 0) is 0 Å². The minimum absolute atomic E-state index is 0.549. The highest BCUT2D eigenvalue weighted by molar-refractivity contribution is 5.78. The molecule has 206 valence electrons. The van der Waals surface area contributed by atoms with Crippen molar-refractivity contribution < 1.29 is 33.4 Å². The Morgan fingerprint density at radius 2 is 1.07 bits per heavy atom. The van der Waals surface area contributed by atoms with E-state index >= 15 is 0 Å². The molecule has 0 saturated carbocycles. The van der Waals surface area contributed by atoms with Gasteiger partial charge in [0.05, 0.1) is 42.7 Å². The number of rotatable bonds is 11. The number of methoxy groups -OCH3 is 6. The number of nitrogens with zero attached hydrogens (tertiary/aromatic N) is 1. The van der Waals surface area contributed by atoms with Crippen molar-refractivity contribution in [3.63, 3.8) is 0 Å². The topological polar surface area (TPSA) is 82.4 Å². The van der Waals surface area contributed by atoms with Crippen LogP contribution < -0.4 is 33.4 Å². The van der Waals surface area contributed by atoms with Crippen molar-refractivity contribution in [2.45, 2.75) is 0 Å². The van der Waals surface area contributed by atoms with E-state index in [1.165, 1.54) is 0 Å². The molecule has 0 amide bonds. The quantitative estimate of drug-likeness (QED) is 0.232. The van der Waals surface area contributed by atoms with Gasteiger partial charge in [0, 0.05) is 29.5 Å². The highest BCUT2D eigenvalue weighted by Crippen LogP contribution is 2.41. The number of ether oxygens (including phenoxy) is 6. The minimum Gasteiger partial charge on any atom is -0.493 e. The number of hydrogen-bond donors (Lipinski definition) is 0. The predicted octanol–water partition coefficient (Wildman–Crippen LogP) is 5.96. The molecule has 0 radical (unpaired) electrons. The fourth-order valence-corrected chi connectivity index (χ4v) is 4.32. The molecule has 2 aromatic heterocycles. The van der Waals surface area contributed by atoms with Gasteiger partial charge in [-0.05, 0) is 47.5 Å². The van der Waals surface area contributed by atoms with E-state index in [-0.39, 0.29) is 0 Å². The van der Waals surface area contributed by atoms with Crippen LogP contribution in [0.1, 0.15) is 22.3 Å². The summed E-state index contributed by atoms with van der Waals surface area (Å²) in [4.78, 5) is 7.87. The van der Waals surface area contributed by atoms with E-state index in [1.54, 1.807) is 48.9 Å². The minimum atomic E-state index is 0.549. The monoisotopic (exact) mass is 541 g/mol. The van der Waals surface area contributed by atoms with Gasteiger partial charge in [-0.2, -0.15) is 0 Å². The van der Waals surface area contributed by atoms with E-state index in [1.807, 2.05) is 79.0 Å². The van der Waals surface area contributed by atoms with Gasteiger partial charge in [-0.3, -0.25) is 0 Å². The first-order chi connectivity index (χ1) is 19.6. The Morgan fingerprint density at radius 1 is 0.550 bits per heavy atom. The Bertz CT molecular complexity index is 1420. The van der Waals surface area contributed by atoms with Crippen molar-refractivity contribution in [2.24, 2.45) is 0 Å².